The van der Waals surface area contributed by atoms with Gasteiger partial charge in [0.25, 0.3) is 0 Å². The number of nitrogens with two attached hydrogens (primary N) is 1. The van der Waals surface area contributed by atoms with Crippen LogP contribution in [-0.4, -0.2) is 43.5 Å². The Morgan fingerprint density at radius 1 is 1.52 bits per heavy atom. The van der Waals surface area contributed by atoms with E-state index in [1.54, 1.807) is 13.1 Å². The summed E-state index contributed by atoms with van der Waals surface area (Å²) < 4.78 is 29.7. The van der Waals surface area contributed by atoms with Gasteiger partial charge in [-0.25, -0.2) is 0 Å². The molecule has 6 nitrogen and oxygen atoms in total. The second-order valence-electron chi connectivity index (χ2n) is 6.16. The lowest BCUT2D eigenvalue weighted by Crippen LogP contribution is -2.46. The van der Waals surface area contributed by atoms with E-state index in [-0.39, 0.29) is 48.1 Å². The van der Waals surface area contributed by atoms with E-state index in [1.807, 2.05) is 4.90 Å². The summed E-state index contributed by atoms with van der Waals surface area (Å²) in [5.41, 5.74) is 5.80. The van der Waals surface area contributed by atoms with E-state index in [1.165, 1.54) is 12.1 Å². The molecule has 1 aliphatic heterocycles. The third kappa shape index (κ3) is 7.65. The maximum Gasteiger partial charge on any atom is 0.387 e. The molecule has 0 radical (unpaired) electrons. The van der Waals surface area contributed by atoms with Crippen LogP contribution >= 0.6 is 35.6 Å². The molecule has 1 amide bonds. The van der Waals surface area contributed by atoms with Crippen molar-refractivity contribution in [3.8, 4) is 5.75 Å². The fourth-order valence-electron chi connectivity index (χ4n) is 3.11. The highest BCUT2D eigenvalue weighted by atomic mass is 127. The van der Waals surface area contributed by atoms with Gasteiger partial charge in [-0.1, -0.05) is 11.6 Å². The van der Waals surface area contributed by atoms with Crippen LogP contribution in [0.1, 0.15) is 24.8 Å². The van der Waals surface area contributed by atoms with E-state index in [9.17, 15) is 13.6 Å². The van der Waals surface area contributed by atoms with Gasteiger partial charge in [0.15, 0.2) is 5.96 Å². The average Bonchev–Trinajstić information content (AvgIpc) is 2.57. The predicted octanol–water partition coefficient (Wildman–Crippen LogP) is 3.22. The zero-order valence-electron chi connectivity index (χ0n) is 15.0. The number of amides is 1. The van der Waals surface area contributed by atoms with Crippen molar-refractivity contribution < 1.29 is 18.3 Å². The van der Waals surface area contributed by atoms with E-state index in [4.69, 9.17) is 17.3 Å². The summed E-state index contributed by atoms with van der Waals surface area (Å²) in [6.07, 6.45) is 2.21. The number of nitrogens with zero attached hydrogens (tertiary/aromatic N) is 2. The first-order valence-electron chi connectivity index (χ1n) is 8.36. The SMILES string of the molecule is CN=C(NCc1cc(Cl)ccc1OC(F)F)N1CCCC(CC(N)=O)C1.I. The first-order valence-corrected chi connectivity index (χ1v) is 8.74. The molecule has 1 aromatic rings. The molecule has 0 bridgehead atoms. The Labute approximate surface area is 179 Å². The number of aliphatic imine (C=N–C) groups is 1. The molecule has 10 heteroatoms. The quantitative estimate of drug-likeness (QED) is 0.346. The minimum Gasteiger partial charge on any atom is -0.434 e. The van der Waals surface area contributed by atoms with Crippen LogP contribution in [0, 0.1) is 5.92 Å². The fraction of sp³-hybridized carbons (Fsp3) is 0.529. The molecule has 1 fully saturated rings. The molecule has 2 rings (SSSR count). The smallest absolute Gasteiger partial charge is 0.387 e. The molecule has 0 aliphatic carbocycles. The molecule has 0 aromatic heterocycles. The Hall–Kier alpha value is -1.36. The lowest BCUT2D eigenvalue weighted by atomic mass is 9.95. The number of benzene rings is 1. The fourth-order valence-corrected chi connectivity index (χ4v) is 3.31. The summed E-state index contributed by atoms with van der Waals surface area (Å²) in [5.74, 6) is 0.566. The standard InChI is InChI=1S/C17H23ClF2N4O2.HI/c1-22-17(24-6-2-3-11(10-24)7-15(21)25)23-9-12-8-13(18)4-5-14(12)26-16(19)20;/h4-5,8,11,16H,2-3,6-7,9-10H2,1H3,(H2,21,25)(H,22,23);1H. The molecule has 0 saturated carbocycles. The van der Waals surface area contributed by atoms with Crippen LogP contribution < -0.4 is 15.8 Å². The first-order chi connectivity index (χ1) is 12.4. The number of ether oxygens (including phenoxy) is 1. The van der Waals surface area contributed by atoms with Crippen molar-refractivity contribution in [2.75, 3.05) is 20.1 Å². The third-order valence-electron chi connectivity index (χ3n) is 4.20. The number of primary amides is 1. The molecule has 27 heavy (non-hydrogen) atoms. The van der Waals surface area contributed by atoms with Crippen LogP contribution in [0.5, 0.6) is 5.75 Å². The number of carbonyl (C=O) groups excluding carboxylic acids is 1. The second-order valence-corrected chi connectivity index (χ2v) is 6.59. The minimum atomic E-state index is -2.91. The molecule has 1 heterocycles. The van der Waals surface area contributed by atoms with Crippen molar-refractivity contribution in [3.63, 3.8) is 0 Å². The van der Waals surface area contributed by atoms with Gasteiger partial charge in [0, 0.05) is 43.7 Å². The van der Waals surface area contributed by atoms with E-state index < -0.39 is 6.61 Å². The van der Waals surface area contributed by atoms with Crippen molar-refractivity contribution in [3.05, 3.63) is 28.8 Å². The predicted molar refractivity (Wildman–Crippen MR) is 112 cm³/mol. The summed E-state index contributed by atoms with van der Waals surface area (Å²) in [6.45, 7) is -1.22. The second kappa shape index (κ2) is 11.5. The highest BCUT2D eigenvalue weighted by Crippen LogP contribution is 2.25. The number of piperidine rings is 1. The van der Waals surface area contributed by atoms with Gasteiger partial charge in [0.1, 0.15) is 5.75 Å². The molecule has 1 aliphatic rings. The Morgan fingerprint density at radius 3 is 2.89 bits per heavy atom. The van der Waals surface area contributed by atoms with Crippen LogP contribution in [0.2, 0.25) is 5.02 Å². The maximum atomic E-state index is 12.6. The van der Waals surface area contributed by atoms with E-state index in [0.717, 1.165) is 19.4 Å². The van der Waals surface area contributed by atoms with Gasteiger partial charge >= 0.3 is 6.61 Å². The van der Waals surface area contributed by atoms with Crippen LogP contribution in [0.25, 0.3) is 0 Å². The number of likely N-dealkylation sites (tertiary alicyclic amines) is 1. The van der Waals surface area contributed by atoms with Gasteiger partial charge in [-0.05, 0) is 37.0 Å². The van der Waals surface area contributed by atoms with Crippen LogP contribution in [0.15, 0.2) is 23.2 Å². The highest BCUT2D eigenvalue weighted by Gasteiger charge is 2.23. The summed E-state index contributed by atoms with van der Waals surface area (Å²) in [7, 11) is 1.65. The summed E-state index contributed by atoms with van der Waals surface area (Å²) in [5, 5.41) is 3.57. The van der Waals surface area contributed by atoms with Crippen molar-refractivity contribution in [2.45, 2.75) is 32.4 Å². The normalized spacial score (nSPS) is 17.4. The zero-order chi connectivity index (χ0) is 19.1. The lowest BCUT2D eigenvalue weighted by molar-refractivity contribution is -0.119. The van der Waals surface area contributed by atoms with Crippen LogP contribution in [0.4, 0.5) is 8.78 Å². The van der Waals surface area contributed by atoms with E-state index in [0.29, 0.717) is 29.5 Å². The zero-order valence-corrected chi connectivity index (χ0v) is 18.0. The van der Waals surface area contributed by atoms with E-state index in [2.05, 4.69) is 15.0 Å². The number of hydrogen-bond acceptors (Lipinski definition) is 3. The van der Waals surface area contributed by atoms with Crippen molar-refractivity contribution >= 4 is 47.4 Å². The van der Waals surface area contributed by atoms with Crippen molar-refractivity contribution in [1.29, 1.82) is 0 Å². The number of rotatable bonds is 6. The molecular formula is C17H24ClF2IN4O2. The Balaban J connectivity index is 0.00000364. The third-order valence-corrected chi connectivity index (χ3v) is 4.43. The summed E-state index contributed by atoms with van der Waals surface area (Å²) in [4.78, 5) is 17.4. The largest absolute Gasteiger partial charge is 0.434 e. The number of guanidine groups is 1. The average molecular weight is 517 g/mol. The number of nitrogens with one attached hydrogen (secondary N) is 1. The molecule has 0 spiro atoms. The summed E-state index contributed by atoms with van der Waals surface area (Å²) in [6, 6.07) is 4.49. The maximum absolute atomic E-state index is 12.6. The monoisotopic (exact) mass is 516 g/mol. The van der Waals surface area contributed by atoms with Gasteiger partial charge in [-0.3, -0.25) is 9.79 Å². The van der Waals surface area contributed by atoms with Crippen molar-refractivity contribution in [2.24, 2.45) is 16.6 Å². The first kappa shape index (κ1) is 23.7. The van der Waals surface area contributed by atoms with Gasteiger partial charge in [0.2, 0.25) is 5.91 Å². The topological polar surface area (TPSA) is 80.0 Å². The highest BCUT2D eigenvalue weighted by molar-refractivity contribution is 14.0. The number of alkyl halides is 2. The number of halogens is 4. The van der Waals surface area contributed by atoms with Gasteiger partial charge < -0.3 is 20.7 Å². The number of carbonyl (C=O) groups is 1. The van der Waals surface area contributed by atoms with Crippen molar-refractivity contribution in [1.82, 2.24) is 10.2 Å². The van der Waals surface area contributed by atoms with E-state index >= 15 is 0 Å². The Kier molecular flexibility index (Phi) is 10.1. The Bertz CT molecular complexity index is 664. The molecule has 1 unspecified atom stereocenters. The van der Waals surface area contributed by atoms with Crippen LogP contribution in [-0.2, 0) is 11.3 Å². The van der Waals surface area contributed by atoms with Gasteiger partial charge in [0.05, 0.1) is 0 Å². The molecule has 1 aromatic carbocycles. The van der Waals surface area contributed by atoms with Crippen LogP contribution in [0.3, 0.4) is 0 Å². The molecular weight excluding hydrogens is 493 g/mol. The molecule has 1 saturated heterocycles. The number of hydrogen-bond donors (Lipinski definition) is 2. The molecule has 1 atom stereocenters. The molecule has 3 N–H and O–H groups in total. The Morgan fingerprint density at radius 2 is 2.26 bits per heavy atom. The summed E-state index contributed by atoms with van der Waals surface area (Å²) >= 11 is 5.96. The lowest BCUT2D eigenvalue weighted by Gasteiger charge is -2.34. The molecule has 152 valence electrons. The van der Waals surface area contributed by atoms with Gasteiger partial charge in [-0.2, -0.15) is 8.78 Å². The van der Waals surface area contributed by atoms with Gasteiger partial charge in [-0.15, -0.1) is 24.0 Å². The minimum absolute atomic E-state index is 0.